The molecular weight excluding hydrogens is 342 g/mol. The van der Waals surface area contributed by atoms with E-state index in [2.05, 4.69) is 15.9 Å². The van der Waals surface area contributed by atoms with E-state index >= 15 is 0 Å². The second kappa shape index (κ2) is 5.91. The first-order chi connectivity index (χ1) is 8.56. The summed E-state index contributed by atoms with van der Waals surface area (Å²) in [5.74, 6) is 0.197. The molecule has 0 saturated carbocycles. The maximum atomic E-state index is 13.0. The minimum Gasteiger partial charge on any atom is -0.486 e. The van der Waals surface area contributed by atoms with Gasteiger partial charge in [-0.2, -0.15) is 0 Å². The molecule has 1 nitrogen and oxygen atoms in total. The van der Waals surface area contributed by atoms with E-state index < -0.39 is 0 Å². The average molecular weight is 350 g/mol. The zero-order chi connectivity index (χ0) is 13.1. The monoisotopic (exact) mass is 348 g/mol. The van der Waals surface area contributed by atoms with Crippen molar-refractivity contribution in [3.05, 3.63) is 62.3 Å². The fourth-order valence-electron chi connectivity index (χ4n) is 1.45. The second-order valence-electron chi connectivity index (χ2n) is 3.62. The first kappa shape index (κ1) is 13.7. The molecule has 2 aromatic rings. The summed E-state index contributed by atoms with van der Waals surface area (Å²) < 4.78 is 19.2. The van der Waals surface area contributed by atoms with E-state index in [1.54, 1.807) is 24.3 Å². The topological polar surface area (TPSA) is 9.23 Å². The Bertz CT molecular complexity index is 552. The maximum absolute atomic E-state index is 13.0. The van der Waals surface area contributed by atoms with Gasteiger partial charge in [0.15, 0.2) is 5.75 Å². The van der Waals surface area contributed by atoms with Crippen molar-refractivity contribution in [3.63, 3.8) is 0 Å². The van der Waals surface area contributed by atoms with Gasteiger partial charge in [0.05, 0.1) is 9.50 Å². The van der Waals surface area contributed by atoms with Crippen molar-refractivity contribution in [2.75, 3.05) is 0 Å². The summed E-state index contributed by atoms with van der Waals surface area (Å²) in [6, 6.07) is 9.49. The van der Waals surface area contributed by atoms with Crippen LogP contribution in [0.15, 0.2) is 40.9 Å². The Kier molecular flexibility index (Phi) is 4.49. The largest absolute Gasteiger partial charge is 0.486 e. The molecule has 0 aliphatic carbocycles. The summed E-state index contributed by atoms with van der Waals surface area (Å²) >= 11 is 15.2. The smallest absolute Gasteiger partial charge is 0.152 e. The van der Waals surface area contributed by atoms with Gasteiger partial charge in [-0.3, -0.25) is 0 Å². The van der Waals surface area contributed by atoms with Gasteiger partial charge in [0.2, 0.25) is 0 Å². The van der Waals surface area contributed by atoms with Crippen LogP contribution in [-0.4, -0.2) is 0 Å². The molecule has 0 aromatic heterocycles. The zero-order valence-electron chi connectivity index (χ0n) is 9.09. The van der Waals surface area contributed by atoms with Gasteiger partial charge < -0.3 is 4.74 Å². The van der Waals surface area contributed by atoms with Crippen molar-refractivity contribution >= 4 is 39.1 Å². The number of halogens is 4. The SMILES string of the molecule is Fc1cccc(COc2c(Cl)cc(Cl)cc2Br)c1. The highest BCUT2D eigenvalue weighted by Gasteiger charge is 2.09. The van der Waals surface area contributed by atoms with Crippen molar-refractivity contribution < 1.29 is 9.13 Å². The van der Waals surface area contributed by atoms with Gasteiger partial charge in [-0.15, -0.1) is 0 Å². The molecule has 0 bridgehead atoms. The van der Waals surface area contributed by atoms with Crippen LogP contribution in [0.5, 0.6) is 5.75 Å². The van der Waals surface area contributed by atoms with Gasteiger partial charge in [-0.1, -0.05) is 35.3 Å². The third kappa shape index (κ3) is 3.37. The van der Waals surface area contributed by atoms with Gasteiger partial charge in [-0.25, -0.2) is 4.39 Å². The molecule has 94 valence electrons. The third-order valence-electron chi connectivity index (χ3n) is 2.24. The van der Waals surface area contributed by atoms with Gasteiger partial charge in [0.25, 0.3) is 0 Å². The number of hydrogen-bond donors (Lipinski definition) is 0. The molecular formula is C13H8BrCl2FO. The molecule has 0 spiro atoms. The van der Waals surface area contributed by atoms with Crippen LogP contribution in [0.3, 0.4) is 0 Å². The molecule has 0 aliphatic heterocycles. The molecule has 0 N–H and O–H groups in total. The van der Waals surface area contributed by atoms with Gasteiger partial charge in [0.1, 0.15) is 12.4 Å². The van der Waals surface area contributed by atoms with Crippen LogP contribution in [0.2, 0.25) is 10.0 Å². The van der Waals surface area contributed by atoms with E-state index in [1.165, 1.54) is 12.1 Å². The highest BCUT2D eigenvalue weighted by atomic mass is 79.9. The third-order valence-corrected chi connectivity index (χ3v) is 3.32. The maximum Gasteiger partial charge on any atom is 0.152 e. The molecule has 2 rings (SSSR count). The molecule has 18 heavy (non-hydrogen) atoms. The predicted octanol–water partition coefficient (Wildman–Crippen LogP) is 5.47. The van der Waals surface area contributed by atoms with Crippen molar-refractivity contribution in [1.29, 1.82) is 0 Å². The number of hydrogen-bond acceptors (Lipinski definition) is 1. The summed E-state index contributed by atoms with van der Waals surface area (Å²) in [6.45, 7) is 0.234. The molecule has 0 fully saturated rings. The molecule has 5 heteroatoms. The number of ether oxygens (including phenoxy) is 1. The molecule has 0 atom stereocenters. The van der Waals surface area contributed by atoms with Crippen LogP contribution in [0.1, 0.15) is 5.56 Å². The highest BCUT2D eigenvalue weighted by molar-refractivity contribution is 9.10. The second-order valence-corrected chi connectivity index (χ2v) is 5.32. The van der Waals surface area contributed by atoms with Gasteiger partial charge in [0, 0.05) is 5.02 Å². The average Bonchev–Trinajstić information content (AvgIpc) is 2.27. The zero-order valence-corrected chi connectivity index (χ0v) is 12.2. The summed E-state index contributed by atoms with van der Waals surface area (Å²) in [7, 11) is 0. The van der Waals surface area contributed by atoms with Crippen LogP contribution in [-0.2, 0) is 6.61 Å². The Morgan fingerprint density at radius 1 is 1.17 bits per heavy atom. The Hall–Kier alpha value is -0.770. The van der Waals surface area contributed by atoms with E-state index in [-0.39, 0.29) is 12.4 Å². The molecule has 2 aromatic carbocycles. The summed E-state index contributed by atoms with van der Waals surface area (Å²) in [4.78, 5) is 0. The van der Waals surface area contributed by atoms with Crippen molar-refractivity contribution in [1.82, 2.24) is 0 Å². The molecule has 0 radical (unpaired) electrons. The van der Waals surface area contributed by atoms with Gasteiger partial charge in [-0.05, 0) is 45.8 Å². The minimum absolute atomic E-state index is 0.234. The van der Waals surface area contributed by atoms with E-state index in [9.17, 15) is 4.39 Å². The van der Waals surface area contributed by atoms with Crippen molar-refractivity contribution in [2.45, 2.75) is 6.61 Å². The lowest BCUT2D eigenvalue weighted by molar-refractivity contribution is 0.304. The van der Waals surface area contributed by atoms with Crippen molar-refractivity contribution in [3.8, 4) is 5.75 Å². The fourth-order valence-corrected chi connectivity index (χ4v) is 2.82. The quantitative estimate of drug-likeness (QED) is 0.713. The lowest BCUT2D eigenvalue weighted by atomic mass is 10.2. The lowest BCUT2D eigenvalue weighted by Gasteiger charge is -2.10. The standard InChI is InChI=1S/C13H8BrCl2FO/c14-11-5-9(15)6-12(16)13(11)18-7-8-2-1-3-10(17)4-8/h1-6H,7H2. The Labute approximate surface area is 123 Å². The minimum atomic E-state index is -0.294. The predicted molar refractivity (Wildman–Crippen MR) is 74.9 cm³/mol. The summed E-state index contributed by atoms with van der Waals surface area (Å²) in [5.41, 5.74) is 0.730. The van der Waals surface area contributed by atoms with E-state index in [1.807, 2.05) is 0 Å². The molecule has 0 aliphatic rings. The lowest BCUT2D eigenvalue weighted by Crippen LogP contribution is -1.97. The van der Waals surface area contributed by atoms with E-state index in [4.69, 9.17) is 27.9 Å². The van der Waals surface area contributed by atoms with Crippen LogP contribution in [0, 0.1) is 5.82 Å². The number of benzene rings is 2. The summed E-state index contributed by atoms with van der Waals surface area (Å²) in [5, 5.41) is 0.927. The number of rotatable bonds is 3. The molecule has 0 saturated heterocycles. The molecule has 0 heterocycles. The first-order valence-corrected chi connectivity index (χ1v) is 6.63. The van der Waals surface area contributed by atoms with Crippen molar-refractivity contribution in [2.24, 2.45) is 0 Å². The fraction of sp³-hybridized carbons (Fsp3) is 0.0769. The van der Waals surface area contributed by atoms with Crippen LogP contribution in [0.25, 0.3) is 0 Å². The van der Waals surface area contributed by atoms with Gasteiger partial charge >= 0.3 is 0 Å². The Morgan fingerprint density at radius 3 is 2.61 bits per heavy atom. The van der Waals surface area contributed by atoms with Crippen LogP contribution >= 0.6 is 39.1 Å². The Morgan fingerprint density at radius 2 is 1.94 bits per heavy atom. The normalized spacial score (nSPS) is 10.4. The summed E-state index contributed by atoms with van der Waals surface area (Å²) in [6.07, 6.45) is 0. The van der Waals surface area contributed by atoms with Crippen LogP contribution < -0.4 is 4.74 Å². The van der Waals surface area contributed by atoms with Crippen LogP contribution in [0.4, 0.5) is 4.39 Å². The van der Waals surface area contributed by atoms with E-state index in [0.29, 0.717) is 20.3 Å². The van der Waals surface area contributed by atoms with E-state index in [0.717, 1.165) is 5.56 Å². The first-order valence-electron chi connectivity index (χ1n) is 5.08. The highest BCUT2D eigenvalue weighted by Crippen LogP contribution is 2.36. The molecule has 0 unspecified atom stereocenters. The molecule has 0 amide bonds. The Balaban J connectivity index is 2.16.